The lowest BCUT2D eigenvalue weighted by atomic mass is 9.58. The number of hydrogen-bond donors (Lipinski definition) is 1. The molecule has 2 fully saturated rings. The molecule has 2 rings (SSSR count). The molecular weight excluding hydrogens is 190 g/mol. The van der Waals surface area contributed by atoms with E-state index in [1.54, 1.807) is 0 Å². The molecule has 15 heavy (non-hydrogen) atoms. The van der Waals surface area contributed by atoms with Crippen molar-refractivity contribution in [3.8, 4) is 0 Å². The van der Waals surface area contributed by atoms with E-state index in [1.165, 1.54) is 0 Å². The molecule has 1 saturated carbocycles. The molecule has 1 N–H and O–H groups in total. The van der Waals surface area contributed by atoms with E-state index in [1.807, 2.05) is 6.92 Å². The summed E-state index contributed by atoms with van der Waals surface area (Å²) in [6, 6.07) is 0. The van der Waals surface area contributed by atoms with Gasteiger partial charge in [-0.2, -0.15) is 0 Å². The standard InChI is InChI=1S/C12H19NO2/c1-4-8-7(3)10-6(2)5-9(10)12(15)13-11(8)14/h6-10H,4-5H2,1-3H3,(H,13,14,15)/t6?,7?,8?,9?,10-/m0/s1. The molecule has 1 heterocycles. The van der Waals surface area contributed by atoms with Crippen LogP contribution in [0.25, 0.3) is 0 Å². The van der Waals surface area contributed by atoms with Crippen molar-refractivity contribution in [2.75, 3.05) is 0 Å². The zero-order valence-corrected chi connectivity index (χ0v) is 9.62. The number of carbonyl (C=O) groups is 2. The zero-order valence-electron chi connectivity index (χ0n) is 9.62. The van der Waals surface area contributed by atoms with E-state index < -0.39 is 0 Å². The van der Waals surface area contributed by atoms with Crippen LogP contribution in [0.15, 0.2) is 0 Å². The highest BCUT2D eigenvalue weighted by Gasteiger charge is 2.50. The Kier molecular flexibility index (Phi) is 2.57. The smallest absolute Gasteiger partial charge is 0.229 e. The normalized spacial score (nSPS) is 45.1. The van der Waals surface area contributed by atoms with Crippen LogP contribution >= 0.6 is 0 Å². The van der Waals surface area contributed by atoms with Crippen LogP contribution in [-0.4, -0.2) is 11.8 Å². The van der Waals surface area contributed by atoms with Gasteiger partial charge < -0.3 is 0 Å². The second kappa shape index (κ2) is 3.62. The Hall–Kier alpha value is -0.860. The first-order valence-corrected chi connectivity index (χ1v) is 5.91. The number of nitrogens with one attached hydrogen (secondary N) is 1. The number of fused-ring (bicyclic) bond motifs is 1. The van der Waals surface area contributed by atoms with Gasteiger partial charge in [0.25, 0.3) is 0 Å². The van der Waals surface area contributed by atoms with Gasteiger partial charge in [-0.25, -0.2) is 0 Å². The fraction of sp³-hybridized carbons (Fsp3) is 0.833. The van der Waals surface area contributed by atoms with Crippen LogP contribution in [0, 0.1) is 29.6 Å². The molecule has 84 valence electrons. The van der Waals surface area contributed by atoms with Gasteiger partial charge in [0, 0.05) is 11.8 Å². The van der Waals surface area contributed by atoms with E-state index in [0.29, 0.717) is 17.8 Å². The van der Waals surface area contributed by atoms with Crippen molar-refractivity contribution in [2.45, 2.75) is 33.6 Å². The molecule has 3 nitrogen and oxygen atoms in total. The van der Waals surface area contributed by atoms with Crippen molar-refractivity contribution in [1.29, 1.82) is 0 Å². The number of amides is 2. The number of hydrogen-bond acceptors (Lipinski definition) is 2. The summed E-state index contributed by atoms with van der Waals surface area (Å²) in [4.78, 5) is 23.5. The highest BCUT2D eigenvalue weighted by atomic mass is 16.2. The predicted octanol–water partition coefficient (Wildman–Crippen LogP) is 1.58. The molecule has 0 spiro atoms. The molecule has 1 aliphatic heterocycles. The van der Waals surface area contributed by atoms with Gasteiger partial charge in [0.2, 0.25) is 11.8 Å². The van der Waals surface area contributed by atoms with Gasteiger partial charge in [-0.15, -0.1) is 0 Å². The van der Waals surface area contributed by atoms with Gasteiger partial charge in [0.05, 0.1) is 0 Å². The molecule has 2 amide bonds. The summed E-state index contributed by atoms with van der Waals surface area (Å²) in [5.74, 6) is 1.37. The minimum Gasteiger partial charge on any atom is -0.296 e. The summed E-state index contributed by atoms with van der Waals surface area (Å²) in [6.45, 7) is 6.34. The Morgan fingerprint density at radius 2 is 1.93 bits per heavy atom. The highest BCUT2D eigenvalue weighted by Crippen LogP contribution is 2.48. The number of imide groups is 1. The molecule has 0 aromatic rings. The van der Waals surface area contributed by atoms with E-state index in [9.17, 15) is 9.59 Å². The molecular formula is C12H19NO2. The lowest BCUT2D eigenvalue weighted by molar-refractivity contribution is -0.136. The molecule has 5 atom stereocenters. The average Bonchev–Trinajstić information content (AvgIpc) is 2.20. The van der Waals surface area contributed by atoms with Gasteiger partial charge in [-0.1, -0.05) is 20.8 Å². The van der Waals surface area contributed by atoms with Crippen LogP contribution in [0.4, 0.5) is 0 Å². The van der Waals surface area contributed by atoms with Gasteiger partial charge in [0.15, 0.2) is 0 Å². The summed E-state index contributed by atoms with van der Waals surface area (Å²) in [5, 5.41) is 2.55. The minimum atomic E-state index is -0.0587. The minimum absolute atomic E-state index is 0.0201. The average molecular weight is 209 g/mol. The van der Waals surface area contributed by atoms with Gasteiger partial charge in [-0.3, -0.25) is 14.9 Å². The summed E-state index contributed by atoms with van der Waals surface area (Å²) >= 11 is 0. The Morgan fingerprint density at radius 1 is 1.27 bits per heavy atom. The molecule has 2 aliphatic rings. The molecule has 0 radical (unpaired) electrons. The lowest BCUT2D eigenvalue weighted by Crippen LogP contribution is -2.45. The Morgan fingerprint density at radius 3 is 2.47 bits per heavy atom. The van der Waals surface area contributed by atoms with Gasteiger partial charge in [0.1, 0.15) is 0 Å². The Labute approximate surface area is 90.6 Å². The molecule has 1 aliphatic carbocycles. The third-order valence-electron chi connectivity index (χ3n) is 4.35. The molecule has 0 aromatic carbocycles. The number of carbonyl (C=O) groups excluding carboxylic acids is 2. The summed E-state index contributed by atoms with van der Waals surface area (Å²) in [6.07, 6.45) is 1.78. The van der Waals surface area contributed by atoms with Crippen LogP contribution in [-0.2, 0) is 9.59 Å². The molecule has 0 bridgehead atoms. The lowest BCUT2D eigenvalue weighted by Gasteiger charge is -2.44. The van der Waals surface area contributed by atoms with Crippen LogP contribution in [0.3, 0.4) is 0 Å². The Bertz CT molecular complexity index is 300. The quantitative estimate of drug-likeness (QED) is 0.666. The van der Waals surface area contributed by atoms with E-state index in [-0.39, 0.29) is 23.7 Å². The first-order valence-electron chi connectivity index (χ1n) is 5.91. The van der Waals surface area contributed by atoms with Gasteiger partial charge in [-0.05, 0) is 30.6 Å². The first kappa shape index (κ1) is 10.7. The fourth-order valence-electron chi connectivity index (χ4n) is 3.45. The zero-order chi connectivity index (χ0) is 11.2. The SMILES string of the molecule is CCC1C(=O)NC(=O)C2CC(C)[C@H]2C1C. The highest BCUT2D eigenvalue weighted by molar-refractivity contribution is 5.98. The van der Waals surface area contributed by atoms with Crippen molar-refractivity contribution in [3.63, 3.8) is 0 Å². The van der Waals surface area contributed by atoms with Crippen molar-refractivity contribution in [3.05, 3.63) is 0 Å². The monoisotopic (exact) mass is 209 g/mol. The fourth-order valence-corrected chi connectivity index (χ4v) is 3.45. The predicted molar refractivity (Wildman–Crippen MR) is 56.9 cm³/mol. The van der Waals surface area contributed by atoms with Crippen LogP contribution < -0.4 is 5.32 Å². The van der Waals surface area contributed by atoms with Crippen molar-refractivity contribution >= 4 is 11.8 Å². The number of rotatable bonds is 1. The molecule has 0 aromatic heterocycles. The second-order valence-corrected chi connectivity index (χ2v) is 5.12. The topological polar surface area (TPSA) is 46.2 Å². The summed E-state index contributed by atoms with van der Waals surface area (Å²) in [7, 11) is 0. The maximum atomic E-state index is 11.8. The molecule has 4 unspecified atom stereocenters. The van der Waals surface area contributed by atoms with Crippen molar-refractivity contribution in [1.82, 2.24) is 5.32 Å². The second-order valence-electron chi connectivity index (χ2n) is 5.12. The largest absolute Gasteiger partial charge is 0.296 e. The van der Waals surface area contributed by atoms with Crippen molar-refractivity contribution < 1.29 is 9.59 Å². The van der Waals surface area contributed by atoms with E-state index in [0.717, 1.165) is 12.8 Å². The van der Waals surface area contributed by atoms with Crippen molar-refractivity contribution in [2.24, 2.45) is 29.6 Å². The van der Waals surface area contributed by atoms with Crippen LogP contribution in [0.2, 0.25) is 0 Å². The summed E-state index contributed by atoms with van der Waals surface area (Å²) < 4.78 is 0. The Balaban J connectivity index is 2.26. The third kappa shape index (κ3) is 1.48. The molecule has 1 saturated heterocycles. The van der Waals surface area contributed by atoms with Crippen LogP contribution in [0.1, 0.15) is 33.6 Å². The van der Waals surface area contributed by atoms with Crippen LogP contribution in [0.5, 0.6) is 0 Å². The first-order chi connectivity index (χ1) is 7.06. The third-order valence-corrected chi connectivity index (χ3v) is 4.35. The van der Waals surface area contributed by atoms with Gasteiger partial charge >= 0.3 is 0 Å². The molecule has 3 heteroatoms. The van der Waals surface area contributed by atoms with E-state index >= 15 is 0 Å². The van der Waals surface area contributed by atoms with E-state index in [4.69, 9.17) is 0 Å². The maximum Gasteiger partial charge on any atom is 0.229 e. The van der Waals surface area contributed by atoms with E-state index in [2.05, 4.69) is 19.2 Å². The maximum absolute atomic E-state index is 11.8. The summed E-state index contributed by atoms with van der Waals surface area (Å²) in [5.41, 5.74) is 0.